The van der Waals surface area contributed by atoms with Crippen molar-refractivity contribution >= 4 is 44.9 Å². The van der Waals surface area contributed by atoms with Crippen LogP contribution in [0.1, 0.15) is 51.1 Å². The van der Waals surface area contributed by atoms with Crippen LogP contribution in [0, 0.1) is 5.41 Å². The van der Waals surface area contributed by atoms with Crippen LogP contribution in [-0.2, 0) is 19.4 Å². The molecule has 1 aliphatic heterocycles. The van der Waals surface area contributed by atoms with E-state index in [9.17, 15) is 23.1 Å². The quantitative estimate of drug-likeness (QED) is 0.209. The van der Waals surface area contributed by atoms with Gasteiger partial charge in [0.05, 0.1) is 28.3 Å². The Morgan fingerprint density at radius 3 is 2.39 bits per heavy atom. The minimum Gasteiger partial charge on any atom is -0.497 e. The number of benzene rings is 3. The molecule has 0 aliphatic carbocycles. The maximum Gasteiger partial charge on any atom is 0.330 e. The molecule has 0 radical (unpaired) electrons. The molecular weight excluding hydrogens is 601 g/mol. The van der Waals surface area contributed by atoms with Crippen LogP contribution in [0.4, 0.5) is 11.4 Å². The van der Waals surface area contributed by atoms with Crippen LogP contribution < -0.4 is 19.7 Å². The van der Waals surface area contributed by atoms with Crippen molar-refractivity contribution in [2.24, 2.45) is 5.41 Å². The molecule has 44 heavy (non-hydrogen) atoms. The van der Waals surface area contributed by atoms with Crippen molar-refractivity contribution in [3.05, 3.63) is 72.3 Å². The number of carbonyl (C=O) groups excluding carboxylic acids is 1. The number of amides is 1. The number of anilines is 2. The minimum absolute atomic E-state index is 0.00747. The topological polar surface area (TPSA) is 122 Å². The maximum atomic E-state index is 14.1. The van der Waals surface area contributed by atoms with Gasteiger partial charge in [-0.3, -0.25) is 4.79 Å². The second-order valence-electron chi connectivity index (χ2n) is 11.0. The van der Waals surface area contributed by atoms with Crippen molar-refractivity contribution in [2.75, 3.05) is 37.2 Å². The van der Waals surface area contributed by atoms with E-state index in [2.05, 4.69) is 24.1 Å². The first-order valence-electron chi connectivity index (χ1n) is 14.6. The molecular formula is C33H40N2O7S2. The smallest absolute Gasteiger partial charge is 0.330 e. The van der Waals surface area contributed by atoms with Gasteiger partial charge in [0.15, 0.2) is 22.5 Å². The lowest BCUT2D eigenvalue weighted by molar-refractivity contribution is -0.142. The first-order chi connectivity index (χ1) is 21.1. The summed E-state index contributed by atoms with van der Waals surface area (Å²) in [4.78, 5) is 27.8. The lowest BCUT2D eigenvalue weighted by Crippen LogP contribution is -2.37. The number of unbranched alkanes of at least 4 members (excludes halogenated alkanes) is 1. The Hall–Kier alpha value is -3.70. The normalized spacial score (nSPS) is 18.0. The van der Waals surface area contributed by atoms with Gasteiger partial charge in [-0.25, -0.2) is 13.2 Å². The third kappa shape index (κ3) is 7.50. The Labute approximate surface area is 263 Å². The van der Waals surface area contributed by atoms with Crippen molar-refractivity contribution in [3.8, 4) is 11.5 Å². The van der Waals surface area contributed by atoms with E-state index in [1.165, 1.54) is 24.9 Å². The van der Waals surface area contributed by atoms with E-state index >= 15 is 0 Å². The first-order valence-corrected chi connectivity index (χ1v) is 17.5. The second-order valence-corrected chi connectivity index (χ2v) is 13.8. The van der Waals surface area contributed by atoms with Crippen LogP contribution in [-0.4, -0.2) is 57.7 Å². The highest BCUT2D eigenvalue weighted by Crippen LogP contribution is 2.47. The molecule has 11 heteroatoms. The molecule has 1 aliphatic rings. The average Bonchev–Trinajstić information content (AvgIpc) is 3.13. The van der Waals surface area contributed by atoms with Crippen LogP contribution in [0.25, 0.3) is 0 Å². The second kappa shape index (κ2) is 14.4. The highest BCUT2D eigenvalue weighted by molar-refractivity contribution is 7.98. The molecule has 0 fully saturated rings. The Balaban J connectivity index is 1.67. The molecule has 1 unspecified atom stereocenters. The third-order valence-corrected chi connectivity index (χ3v) is 10.8. The van der Waals surface area contributed by atoms with Crippen LogP contribution in [0.3, 0.4) is 0 Å². The van der Waals surface area contributed by atoms with Gasteiger partial charge in [0.1, 0.15) is 11.5 Å². The number of nitrogens with one attached hydrogen (secondary N) is 1. The van der Waals surface area contributed by atoms with E-state index < -0.39 is 39.8 Å². The van der Waals surface area contributed by atoms with E-state index in [-0.39, 0.29) is 16.4 Å². The fraction of sp³-hybridized carbons (Fsp3) is 0.394. The summed E-state index contributed by atoms with van der Waals surface area (Å²) in [7, 11) is -2.24. The maximum absolute atomic E-state index is 14.1. The molecule has 3 aromatic carbocycles. The summed E-state index contributed by atoms with van der Waals surface area (Å²) in [5.74, 6) is -1.07. The number of hydrogen-bond acceptors (Lipinski definition) is 8. The number of rotatable bonds is 13. The lowest BCUT2D eigenvalue weighted by atomic mass is 9.81. The summed E-state index contributed by atoms with van der Waals surface area (Å²) < 4.78 is 39.2. The number of carbonyl (C=O) groups is 2. The predicted molar refractivity (Wildman–Crippen MR) is 173 cm³/mol. The van der Waals surface area contributed by atoms with Crippen molar-refractivity contribution < 1.29 is 32.6 Å². The van der Waals surface area contributed by atoms with E-state index in [4.69, 9.17) is 9.47 Å². The highest BCUT2D eigenvalue weighted by Gasteiger charge is 2.42. The Bertz CT molecular complexity index is 1560. The third-order valence-electron chi connectivity index (χ3n) is 8.10. The number of ether oxygens (including phenoxy) is 2. The van der Waals surface area contributed by atoms with Crippen molar-refractivity contribution in [1.29, 1.82) is 0 Å². The zero-order valence-electron chi connectivity index (χ0n) is 25.5. The summed E-state index contributed by atoms with van der Waals surface area (Å²) in [5.41, 5.74) is 1.40. The summed E-state index contributed by atoms with van der Waals surface area (Å²) in [5, 5.41) is 12.3. The molecule has 0 aromatic heterocycles. The molecule has 0 bridgehead atoms. The van der Waals surface area contributed by atoms with E-state index in [0.717, 1.165) is 24.9 Å². The number of para-hydroxylation sites is 1. The highest BCUT2D eigenvalue weighted by atomic mass is 32.2. The Kier molecular flexibility index (Phi) is 10.9. The number of hydrogen-bond donors (Lipinski definition) is 2. The molecule has 3 aromatic rings. The van der Waals surface area contributed by atoms with Gasteiger partial charge in [-0.2, -0.15) is 0 Å². The van der Waals surface area contributed by atoms with Crippen molar-refractivity contribution in [2.45, 2.75) is 55.4 Å². The number of methoxy groups -OCH3 is 1. The minimum atomic E-state index is -3.75. The Morgan fingerprint density at radius 1 is 1.09 bits per heavy atom. The number of nitrogens with zero attached hydrogens (tertiary/aromatic N) is 1. The first kappa shape index (κ1) is 33.2. The van der Waals surface area contributed by atoms with Gasteiger partial charge in [0, 0.05) is 23.7 Å². The van der Waals surface area contributed by atoms with Crippen LogP contribution in [0.5, 0.6) is 11.5 Å². The number of fused-ring (bicyclic) bond motifs is 1. The molecule has 4 rings (SSSR count). The summed E-state index contributed by atoms with van der Waals surface area (Å²) in [6, 6.07) is 18.2. The Morgan fingerprint density at radius 2 is 1.80 bits per heavy atom. The molecule has 0 saturated carbocycles. The monoisotopic (exact) mass is 640 g/mol. The largest absolute Gasteiger partial charge is 0.497 e. The molecule has 1 amide bonds. The molecule has 9 nitrogen and oxygen atoms in total. The fourth-order valence-electron chi connectivity index (χ4n) is 5.57. The average molecular weight is 641 g/mol. The van der Waals surface area contributed by atoms with Gasteiger partial charge in [0.2, 0.25) is 0 Å². The molecule has 2 N–H and O–H groups in total. The number of carboxylic acids is 1. The number of thioether (sulfide) groups is 1. The standard InChI is InChI=1S/C33H40N2O7S2/c1-5-7-17-33(6-2)21-35(24-11-9-8-10-12-24)26-18-28(43-4)27(19-29(26)44(39,40)22-33)42-20-30(36)34-31(32(37)38)23-13-15-25(41-3)16-14-23/h8-16,18-19,31H,5-7,17,20-22H2,1-4H3,(H,34,36)(H,37,38)/t31-,33?/m1/s1. The van der Waals surface area contributed by atoms with E-state index in [1.54, 1.807) is 24.3 Å². The number of aliphatic carboxylic acids is 1. The number of sulfone groups is 1. The van der Waals surface area contributed by atoms with Crippen molar-refractivity contribution in [3.63, 3.8) is 0 Å². The van der Waals surface area contributed by atoms with Gasteiger partial charge in [-0.05, 0) is 55.0 Å². The SMILES string of the molecule is CCCCC1(CC)CN(c2ccccc2)c2cc(SC)c(OCC(=O)N[C@@H](C(=O)O)c3ccc(OC)cc3)cc2S(=O)(=O)C1. The predicted octanol–water partition coefficient (Wildman–Crippen LogP) is 6.25. The fourth-order valence-corrected chi connectivity index (χ4v) is 8.30. The van der Waals surface area contributed by atoms with Gasteiger partial charge in [-0.1, -0.05) is 57.0 Å². The van der Waals surface area contributed by atoms with Gasteiger partial charge < -0.3 is 24.8 Å². The molecule has 0 spiro atoms. The zero-order valence-corrected chi connectivity index (χ0v) is 27.2. The summed E-state index contributed by atoms with van der Waals surface area (Å²) in [6.07, 6.45) is 5.25. The summed E-state index contributed by atoms with van der Waals surface area (Å²) >= 11 is 1.38. The van der Waals surface area contributed by atoms with Crippen LogP contribution in [0.15, 0.2) is 76.5 Å². The number of carboxylic acid groups (broad SMARTS) is 1. The zero-order chi connectivity index (χ0) is 31.9. The molecule has 236 valence electrons. The van der Waals surface area contributed by atoms with Gasteiger partial charge in [-0.15, -0.1) is 11.8 Å². The van der Waals surface area contributed by atoms with Crippen LogP contribution >= 0.6 is 11.8 Å². The van der Waals surface area contributed by atoms with E-state index in [0.29, 0.717) is 34.9 Å². The molecule has 2 atom stereocenters. The summed E-state index contributed by atoms with van der Waals surface area (Å²) in [6.45, 7) is 4.22. The lowest BCUT2D eigenvalue weighted by Gasteiger charge is -2.36. The molecule has 1 heterocycles. The van der Waals surface area contributed by atoms with Crippen LogP contribution in [0.2, 0.25) is 0 Å². The van der Waals surface area contributed by atoms with Gasteiger partial charge >= 0.3 is 5.97 Å². The van der Waals surface area contributed by atoms with Crippen molar-refractivity contribution in [1.82, 2.24) is 5.32 Å². The molecule has 0 saturated heterocycles. The van der Waals surface area contributed by atoms with Gasteiger partial charge in [0.25, 0.3) is 5.91 Å². The van der Waals surface area contributed by atoms with E-state index in [1.807, 2.05) is 42.7 Å².